The topological polar surface area (TPSA) is 109 Å². The Bertz CT molecular complexity index is 503. The number of anilines is 3. The normalized spacial score (nSPS) is 14.9. The van der Waals surface area contributed by atoms with Crippen LogP contribution in [0.15, 0.2) is 9.79 Å². The van der Waals surface area contributed by atoms with Gasteiger partial charge in [-0.1, -0.05) is 0 Å². The van der Waals surface area contributed by atoms with Crippen LogP contribution in [-0.2, 0) is 0 Å². The minimum absolute atomic E-state index is 0.113. The molecule has 16 heavy (non-hydrogen) atoms. The van der Waals surface area contributed by atoms with Crippen LogP contribution in [0.25, 0.3) is 0 Å². The van der Waals surface area contributed by atoms with Crippen molar-refractivity contribution in [2.75, 3.05) is 30.4 Å². The van der Waals surface area contributed by atoms with E-state index in [1.807, 2.05) is 0 Å². The van der Waals surface area contributed by atoms with Crippen LogP contribution in [-0.4, -0.2) is 24.3 Å². The number of aromatic amines is 1. The average Bonchev–Trinajstić information content (AvgIpc) is 2.77. The molecule has 6 N–H and O–H groups in total. The SMILES string of the molecule is CNc1c(N)c(C2=NCCC2)[nH]c(=O)c1N. The molecule has 0 atom stereocenters. The fourth-order valence-corrected chi connectivity index (χ4v) is 1.87. The zero-order valence-corrected chi connectivity index (χ0v) is 9.13. The van der Waals surface area contributed by atoms with Crippen molar-refractivity contribution in [3.8, 4) is 0 Å². The van der Waals surface area contributed by atoms with Gasteiger partial charge >= 0.3 is 0 Å². The molecule has 6 heteroatoms. The van der Waals surface area contributed by atoms with Gasteiger partial charge < -0.3 is 21.8 Å². The molecule has 0 bridgehead atoms. The fraction of sp³-hybridized carbons (Fsp3) is 0.400. The molecular weight excluding hydrogens is 206 g/mol. The first-order valence-corrected chi connectivity index (χ1v) is 5.17. The molecule has 2 heterocycles. The van der Waals surface area contributed by atoms with Crippen molar-refractivity contribution in [3.05, 3.63) is 16.0 Å². The summed E-state index contributed by atoms with van der Waals surface area (Å²) in [5.74, 6) is 0. The van der Waals surface area contributed by atoms with Crippen molar-refractivity contribution in [2.45, 2.75) is 12.8 Å². The van der Waals surface area contributed by atoms with Gasteiger partial charge in [0.15, 0.2) is 0 Å². The second-order valence-electron chi connectivity index (χ2n) is 3.71. The van der Waals surface area contributed by atoms with Crippen molar-refractivity contribution < 1.29 is 0 Å². The number of rotatable bonds is 2. The van der Waals surface area contributed by atoms with E-state index in [2.05, 4.69) is 15.3 Å². The van der Waals surface area contributed by atoms with E-state index in [1.54, 1.807) is 7.05 Å². The number of hydrogen-bond acceptors (Lipinski definition) is 5. The van der Waals surface area contributed by atoms with Gasteiger partial charge in [-0.15, -0.1) is 0 Å². The van der Waals surface area contributed by atoms with E-state index >= 15 is 0 Å². The van der Waals surface area contributed by atoms with Crippen LogP contribution < -0.4 is 22.3 Å². The summed E-state index contributed by atoms with van der Waals surface area (Å²) in [6.07, 6.45) is 1.84. The van der Waals surface area contributed by atoms with Crippen molar-refractivity contribution in [2.24, 2.45) is 4.99 Å². The highest BCUT2D eigenvalue weighted by atomic mass is 16.1. The van der Waals surface area contributed by atoms with Crippen LogP contribution in [0.2, 0.25) is 0 Å². The van der Waals surface area contributed by atoms with Crippen molar-refractivity contribution in [3.63, 3.8) is 0 Å². The van der Waals surface area contributed by atoms with Gasteiger partial charge in [-0.3, -0.25) is 9.79 Å². The van der Waals surface area contributed by atoms with E-state index in [4.69, 9.17) is 11.5 Å². The standard InChI is InChI=1S/C10H15N5O/c1-13-9-6(11)8(5-3-2-4-14-5)15-10(16)7(9)12/h2-4,11-12H2,1H3,(H2,13,15,16). The first-order valence-electron chi connectivity index (χ1n) is 5.17. The molecule has 1 aliphatic rings. The summed E-state index contributed by atoms with van der Waals surface area (Å²) in [6.45, 7) is 0.788. The van der Waals surface area contributed by atoms with Crippen LogP contribution in [0.3, 0.4) is 0 Å². The molecule has 1 aromatic heterocycles. The molecule has 0 fully saturated rings. The Kier molecular flexibility index (Phi) is 2.55. The number of nitrogens with two attached hydrogens (primary N) is 2. The molecule has 0 saturated carbocycles. The van der Waals surface area contributed by atoms with E-state index < -0.39 is 0 Å². The average molecular weight is 221 g/mol. The van der Waals surface area contributed by atoms with E-state index in [1.165, 1.54) is 0 Å². The maximum Gasteiger partial charge on any atom is 0.273 e. The highest BCUT2D eigenvalue weighted by Crippen LogP contribution is 2.26. The zero-order chi connectivity index (χ0) is 11.7. The van der Waals surface area contributed by atoms with Crippen LogP contribution in [0.4, 0.5) is 17.1 Å². The predicted octanol–water partition coefficient (Wildman–Crippen LogP) is 0.164. The number of H-pyrrole nitrogens is 1. The smallest absolute Gasteiger partial charge is 0.273 e. The summed E-state index contributed by atoms with van der Waals surface area (Å²) in [4.78, 5) is 18.6. The van der Waals surface area contributed by atoms with E-state index in [0.717, 1.165) is 25.1 Å². The maximum absolute atomic E-state index is 11.6. The largest absolute Gasteiger partial charge is 0.395 e. The van der Waals surface area contributed by atoms with Crippen LogP contribution in [0, 0.1) is 0 Å². The van der Waals surface area contributed by atoms with Gasteiger partial charge in [0.2, 0.25) is 0 Å². The van der Waals surface area contributed by atoms with Gasteiger partial charge in [-0.25, -0.2) is 0 Å². The minimum atomic E-state index is -0.330. The van der Waals surface area contributed by atoms with Gasteiger partial charge in [0, 0.05) is 13.6 Å². The molecule has 1 aliphatic heterocycles. The van der Waals surface area contributed by atoms with Crippen molar-refractivity contribution in [1.82, 2.24) is 4.98 Å². The van der Waals surface area contributed by atoms with Crippen LogP contribution >= 0.6 is 0 Å². The lowest BCUT2D eigenvalue weighted by atomic mass is 10.1. The third kappa shape index (κ3) is 1.52. The summed E-state index contributed by atoms with van der Waals surface area (Å²) in [7, 11) is 1.68. The van der Waals surface area contributed by atoms with Crippen molar-refractivity contribution >= 4 is 22.8 Å². The molecule has 0 unspecified atom stereocenters. The summed E-state index contributed by atoms with van der Waals surface area (Å²) < 4.78 is 0. The first-order chi connectivity index (χ1) is 7.65. The minimum Gasteiger partial charge on any atom is -0.395 e. The van der Waals surface area contributed by atoms with E-state index in [9.17, 15) is 4.79 Å². The first kappa shape index (κ1) is 10.5. The van der Waals surface area contributed by atoms with Gasteiger partial charge in [0.1, 0.15) is 5.69 Å². The zero-order valence-electron chi connectivity index (χ0n) is 9.13. The Morgan fingerprint density at radius 2 is 2.12 bits per heavy atom. The van der Waals surface area contributed by atoms with Gasteiger partial charge in [0.05, 0.1) is 22.8 Å². The lowest BCUT2D eigenvalue weighted by Crippen LogP contribution is -2.21. The number of nitrogens with one attached hydrogen (secondary N) is 2. The monoisotopic (exact) mass is 221 g/mol. The number of pyridine rings is 1. The third-order valence-corrected chi connectivity index (χ3v) is 2.70. The van der Waals surface area contributed by atoms with Gasteiger partial charge in [0.25, 0.3) is 5.56 Å². The predicted molar refractivity (Wildman–Crippen MR) is 66.1 cm³/mol. The molecule has 2 rings (SSSR count). The maximum atomic E-state index is 11.6. The number of hydrogen-bond donors (Lipinski definition) is 4. The lowest BCUT2D eigenvalue weighted by Gasteiger charge is -2.12. The second-order valence-corrected chi connectivity index (χ2v) is 3.71. The highest BCUT2D eigenvalue weighted by molar-refractivity contribution is 6.06. The van der Waals surface area contributed by atoms with E-state index in [0.29, 0.717) is 17.1 Å². The Morgan fingerprint density at radius 1 is 1.38 bits per heavy atom. The summed E-state index contributed by atoms with van der Waals surface area (Å²) in [6, 6.07) is 0. The van der Waals surface area contributed by atoms with Crippen LogP contribution in [0.1, 0.15) is 18.5 Å². The molecular formula is C10H15N5O. The molecule has 0 radical (unpaired) electrons. The van der Waals surface area contributed by atoms with E-state index in [-0.39, 0.29) is 11.2 Å². The Labute approximate surface area is 92.8 Å². The van der Waals surface area contributed by atoms with Gasteiger partial charge in [-0.05, 0) is 12.8 Å². The lowest BCUT2D eigenvalue weighted by molar-refractivity contribution is 0.950. The number of nitrogen functional groups attached to an aromatic ring is 2. The molecule has 86 valence electrons. The molecule has 0 amide bonds. The Morgan fingerprint density at radius 3 is 2.69 bits per heavy atom. The summed E-state index contributed by atoms with van der Waals surface area (Å²) in [5.41, 5.74) is 13.8. The van der Waals surface area contributed by atoms with Gasteiger partial charge in [-0.2, -0.15) is 0 Å². The number of nitrogens with zero attached hydrogens (tertiary/aromatic N) is 1. The van der Waals surface area contributed by atoms with Crippen LogP contribution in [0.5, 0.6) is 0 Å². The molecule has 0 saturated heterocycles. The number of aliphatic imine (C=N–C) groups is 1. The quantitative estimate of drug-likeness (QED) is 0.570. The molecule has 0 aromatic carbocycles. The number of aromatic nitrogens is 1. The Balaban J connectivity index is 2.63. The van der Waals surface area contributed by atoms with Crippen molar-refractivity contribution in [1.29, 1.82) is 0 Å². The molecule has 0 aliphatic carbocycles. The fourth-order valence-electron chi connectivity index (χ4n) is 1.87. The summed E-state index contributed by atoms with van der Waals surface area (Å²) in [5, 5.41) is 2.84. The highest BCUT2D eigenvalue weighted by Gasteiger charge is 2.18. The molecule has 1 aromatic rings. The summed E-state index contributed by atoms with van der Waals surface area (Å²) >= 11 is 0. The third-order valence-electron chi connectivity index (χ3n) is 2.70. The molecule has 6 nitrogen and oxygen atoms in total. The Hall–Kier alpha value is -1.98. The second kappa shape index (κ2) is 3.88. The molecule has 0 spiro atoms.